The molecule has 0 saturated carbocycles. The lowest BCUT2D eigenvalue weighted by Crippen LogP contribution is -2.03. The van der Waals surface area contributed by atoms with Crippen molar-refractivity contribution in [2.24, 2.45) is 0 Å². The van der Waals surface area contributed by atoms with E-state index in [0.29, 0.717) is 13.2 Å². The quantitative estimate of drug-likeness (QED) is 0.0535. The number of benzene rings is 5. The molecule has 6 rings (SSSR count). The molecule has 0 N–H and O–H groups in total. The van der Waals surface area contributed by atoms with Crippen LogP contribution in [0.4, 0.5) is 0 Å². The van der Waals surface area contributed by atoms with Gasteiger partial charge in [0.15, 0.2) is 0 Å². The van der Waals surface area contributed by atoms with Crippen LogP contribution in [0.1, 0.15) is 131 Å². The van der Waals surface area contributed by atoms with Crippen molar-refractivity contribution in [3.63, 3.8) is 0 Å². The van der Waals surface area contributed by atoms with Crippen LogP contribution in [0.5, 0.6) is 11.5 Å². The first-order valence-electron chi connectivity index (χ1n) is 21.1. The average molecular weight is 781 g/mol. The van der Waals surface area contributed by atoms with Gasteiger partial charge in [0.2, 0.25) is 0 Å². The molecule has 0 radical (unpaired) electrons. The molecule has 0 amide bonds. The van der Waals surface area contributed by atoms with Crippen molar-refractivity contribution >= 4 is 46.8 Å². The van der Waals surface area contributed by atoms with Crippen LogP contribution in [0.15, 0.2) is 129 Å². The molecule has 0 saturated heterocycles. The van der Waals surface area contributed by atoms with E-state index in [9.17, 15) is 0 Å². The topological polar surface area (TPSA) is 18.5 Å². The van der Waals surface area contributed by atoms with Crippen molar-refractivity contribution in [3.8, 4) is 11.5 Å². The summed E-state index contributed by atoms with van der Waals surface area (Å²) in [7, 11) is 0. The number of unbranched alkanes of at least 4 members (excludes halogenated alkanes) is 10. The van der Waals surface area contributed by atoms with E-state index in [1.807, 2.05) is 23.5 Å². The van der Waals surface area contributed by atoms with E-state index in [-0.39, 0.29) is 0 Å². The summed E-state index contributed by atoms with van der Waals surface area (Å²) in [4.78, 5) is 5.27. The Morgan fingerprint density at radius 1 is 0.482 bits per heavy atom. The van der Waals surface area contributed by atoms with Gasteiger partial charge >= 0.3 is 0 Å². The molecule has 1 aliphatic heterocycles. The third-order valence-electron chi connectivity index (χ3n) is 10.4. The van der Waals surface area contributed by atoms with E-state index >= 15 is 0 Å². The smallest absolute Gasteiger partial charge is 0.127 e. The second kappa shape index (κ2) is 22.0. The normalized spacial score (nSPS) is 12.6. The number of allylic oxidation sites excluding steroid dienone is 1. The first-order chi connectivity index (χ1) is 27.5. The molecule has 1 aliphatic rings. The van der Waals surface area contributed by atoms with Gasteiger partial charge in [-0.1, -0.05) is 174 Å². The number of rotatable bonds is 21. The minimum absolute atomic E-state index is 0.692. The number of fused-ring (bicyclic) bond motifs is 2. The van der Waals surface area contributed by atoms with Crippen LogP contribution in [-0.2, 0) is 0 Å². The Balaban J connectivity index is 1.40. The molecule has 0 bridgehead atoms. The van der Waals surface area contributed by atoms with E-state index in [0.717, 1.165) is 35.5 Å². The van der Waals surface area contributed by atoms with Gasteiger partial charge in [0.25, 0.3) is 0 Å². The van der Waals surface area contributed by atoms with Crippen molar-refractivity contribution in [2.45, 2.75) is 124 Å². The molecule has 292 valence electrons. The number of hydrogen-bond acceptors (Lipinski definition) is 4. The lowest BCUT2D eigenvalue weighted by atomic mass is 9.94. The molecule has 0 unspecified atom stereocenters. The largest absolute Gasteiger partial charge is 0.493 e. The Labute approximate surface area is 346 Å². The first kappa shape index (κ1) is 41.5. The lowest BCUT2D eigenvalue weighted by Gasteiger charge is -2.21. The molecule has 0 spiro atoms. The summed E-state index contributed by atoms with van der Waals surface area (Å²) in [5.74, 6) is 1.81. The highest BCUT2D eigenvalue weighted by molar-refractivity contribution is 8.05. The van der Waals surface area contributed by atoms with Crippen molar-refractivity contribution in [1.29, 1.82) is 0 Å². The molecule has 4 heteroatoms. The van der Waals surface area contributed by atoms with E-state index in [2.05, 4.69) is 149 Å². The van der Waals surface area contributed by atoms with Crippen molar-refractivity contribution in [3.05, 3.63) is 143 Å². The van der Waals surface area contributed by atoms with Crippen LogP contribution in [0.25, 0.3) is 23.3 Å². The summed E-state index contributed by atoms with van der Waals surface area (Å²) in [5, 5.41) is 0. The second-order valence-electron chi connectivity index (χ2n) is 15.1. The van der Waals surface area contributed by atoms with Crippen LogP contribution < -0.4 is 9.47 Å². The molecule has 0 fully saturated rings. The zero-order valence-electron chi connectivity index (χ0n) is 34.1. The molecular formula is C52H60O2S2. The predicted molar refractivity (Wildman–Crippen MR) is 243 cm³/mol. The SMILES string of the molecule is CCCCCCCCOc1cc(/C=C(\c2ccccc2)c2ccc3c(c2)Sc2ccc(C)cc2S3)c(OCCCCCCCC)cc1/C=C(/C)c1ccccc1. The van der Waals surface area contributed by atoms with Crippen LogP contribution in [0.3, 0.4) is 0 Å². The van der Waals surface area contributed by atoms with E-state index in [1.54, 1.807) is 0 Å². The molecule has 0 aromatic heterocycles. The maximum absolute atomic E-state index is 6.78. The Morgan fingerprint density at radius 2 is 0.982 bits per heavy atom. The van der Waals surface area contributed by atoms with Crippen LogP contribution in [0, 0.1) is 6.92 Å². The van der Waals surface area contributed by atoms with Gasteiger partial charge in [0.1, 0.15) is 11.5 Å². The maximum Gasteiger partial charge on any atom is 0.127 e. The summed E-state index contributed by atoms with van der Waals surface area (Å²) in [6, 6.07) is 39.7. The molecule has 2 nitrogen and oxygen atoms in total. The van der Waals surface area contributed by atoms with Gasteiger partial charge in [-0.25, -0.2) is 0 Å². The number of hydrogen-bond donors (Lipinski definition) is 0. The number of aryl methyl sites for hydroxylation is 1. The van der Waals surface area contributed by atoms with Crippen molar-refractivity contribution in [1.82, 2.24) is 0 Å². The minimum Gasteiger partial charge on any atom is -0.493 e. The van der Waals surface area contributed by atoms with E-state index in [1.165, 1.54) is 117 Å². The first-order valence-corrected chi connectivity index (χ1v) is 22.7. The molecular weight excluding hydrogens is 721 g/mol. The Morgan fingerprint density at radius 3 is 1.57 bits per heavy atom. The standard InChI is InChI=1S/C52H60O2S2/c1-5-7-9-11-13-21-31-53-47-37-45(48(54-32-22-14-12-10-8-6-2)36-44(47)34-40(4)41-23-17-15-18-24-41)35-46(42-25-19-16-20-26-42)43-28-30-50-52(38-43)56-49-29-27-39(3)33-51(49)55-50/h15-20,23-30,33-38H,5-14,21-22,31-32H2,1-4H3/b40-34-,46-35+. The fourth-order valence-electron chi connectivity index (χ4n) is 7.18. The van der Waals surface area contributed by atoms with Crippen LogP contribution in [0.2, 0.25) is 0 Å². The van der Waals surface area contributed by atoms with Crippen LogP contribution >= 0.6 is 23.5 Å². The fraction of sp³-hybridized carbons (Fsp3) is 0.346. The highest BCUT2D eigenvalue weighted by Gasteiger charge is 2.20. The van der Waals surface area contributed by atoms with E-state index < -0.39 is 0 Å². The Kier molecular flexibility index (Phi) is 16.3. The third kappa shape index (κ3) is 11.9. The van der Waals surface area contributed by atoms with Crippen LogP contribution in [-0.4, -0.2) is 13.2 Å². The molecule has 0 aliphatic carbocycles. The number of ether oxygens (including phenoxy) is 2. The highest BCUT2D eigenvalue weighted by Crippen LogP contribution is 2.49. The zero-order valence-corrected chi connectivity index (χ0v) is 35.7. The van der Waals surface area contributed by atoms with Gasteiger partial charge in [-0.15, -0.1) is 0 Å². The fourth-order valence-corrected chi connectivity index (χ4v) is 9.51. The Bertz CT molecular complexity index is 2050. The summed E-state index contributed by atoms with van der Waals surface area (Å²) in [6.07, 6.45) is 19.3. The van der Waals surface area contributed by atoms with E-state index in [4.69, 9.17) is 9.47 Å². The predicted octanol–water partition coefficient (Wildman–Crippen LogP) is 16.2. The summed E-state index contributed by atoms with van der Waals surface area (Å²) < 4.78 is 13.5. The Hall–Kier alpha value is -4.12. The van der Waals surface area contributed by atoms with Gasteiger partial charge in [-0.3, -0.25) is 0 Å². The molecule has 5 aromatic rings. The summed E-state index contributed by atoms with van der Waals surface area (Å²) >= 11 is 3.75. The average Bonchev–Trinajstić information content (AvgIpc) is 3.22. The third-order valence-corrected chi connectivity index (χ3v) is 13.0. The monoisotopic (exact) mass is 780 g/mol. The summed E-state index contributed by atoms with van der Waals surface area (Å²) in [5.41, 5.74) is 9.35. The van der Waals surface area contributed by atoms with Gasteiger partial charge in [-0.05, 0) is 109 Å². The van der Waals surface area contributed by atoms with Crippen molar-refractivity contribution in [2.75, 3.05) is 13.2 Å². The summed E-state index contributed by atoms with van der Waals surface area (Å²) in [6.45, 7) is 10.3. The van der Waals surface area contributed by atoms with Crippen molar-refractivity contribution < 1.29 is 9.47 Å². The van der Waals surface area contributed by atoms with Gasteiger partial charge in [0.05, 0.1) is 13.2 Å². The molecule has 56 heavy (non-hydrogen) atoms. The molecule has 5 aromatic carbocycles. The molecule has 1 heterocycles. The maximum atomic E-state index is 6.78. The zero-order chi connectivity index (χ0) is 39.0. The minimum atomic E-state index is 0.692. The van der Waals surface area contributed by atoms with Gasteiger partial charge in [-0.2, -0.15) is 0 Å². The highest BCUT2D eigenvalue weighted by atomic mass is 32.2. The lowest BCUT2D eigenvalue weighted by molar-refractivity contribution is 0.295. The second-order valence-corrected chi connectivity index (χ2v) is 17.3. The van der Waals surface area contributed by atoms with Gasteiger partial charge in [0, 0.05) is 30.7 Å². The van der Waals surface area contributed by atoms with Gasteiger partial charge < -0.3 is 9.47 Å². The molecule has 0 atom stereocenters.